The summed E-state index contributed by atoms with van der Waals surface area (Å²) in [5.41, 5.74) is 0.606. The molecule has 0 unspecified atom stereocenters. The lowest BCUT2D eigenvalue weighted by Crippen LogP contribution is -1.80. The topological polar surface area (TPSA) is 37.3 Å². The van der Waals surface area contributed by atoms with Crippen molar-refractivity contribution in [2.75, 3.05) is 0 Å². The third kappa shape index (κ3) is 1.36. The van der Waals surface area contributed by atoms with Gasteiger partial charge in [0.15, 0.2) is 11.3 Å². The molecular formula is C9H5BrO2S. The first-order valence-corrected chi connectivity index (χ1v) is 5.19. The normalized spacial score (nSPS) is 10.5. The highest BCUT2D eigenvalue weighted by atomic mass is 79.9. The molecule has 13 heavy (non-hydrogen) atoms. The van der Waals surface area contributed by atoms with Gasteiger partial charge in [-0.3, -0.25) is 4.79 Å². The predicted octanol–water partition coefficient (Wildman–Crippen LogP) is 3.18. The molecule has 0 aliphatic carbocycles. The molecule has 1 heterocycles. The highest BCUT2D eigenvalue weighted by Gasteiger charge is 2.07. The van der Waals surface area contributed by atoms with Crippen LogP contribution in [-0.2, 0) is 0 Å². The molecule has 66 valence electrons. The number of carbonyl (C=O) groups excluding carboxylic acids is 1. The van der Waals surface area contributed by atoms with Crippen molar-refractivity contribution in [1.82, 2.24) is 0 Å². The van der Waals surface area contributed by atoms with Crippen LogP contribution in [0, 0.1) is 0 Å². The summed E-state index contributed by atoms with van der Waals surface area (Å²) in [7, 11) is 0. The van der Waals surface area contributed by atoms with Crippen LogP contribution in [0.5, 0.6) is 5.06 Å². The largest absolute Gasteiger partial charge is 0.499 e. The number of aromatic hydroxyl groups is 1. The molecule has 0 saturated carbocycles. The van der Waals surface area contributed by atoms with Gasteiger partial charge >= 0.3 is 0 Å². The van der Waals surface area contributed by atoms with Crippen LogP contribution < -0.4 is 0 Å². The molecule has 0 aliphatic heterocycles. The molecule has 0 amide bonds. The van der Waals surface area contributed by atoms with Gasteiger partial charge in [0.25, 0.3) is 0 Å². The second kappa shape index (κ2) is 3.12. The Balaban J connectivity index is 2.85. The zero-order valence-corrected chi connectivity index (χ0v) is 8.85. The van der Waals surface area contributed by atoms with E-state index in [1.807, 2.05) is 6.07 Å². The fourth-order valence-corrected chi connectivity index (χ4v) is 2.71. The van der Waals surface area contributed by atoms with E-state index in [0.717, 1.165) is 20.8 Å². The minimum Gasteiger partial charge on any atom is -0.499 e. The molecule has 0 aliphatic rings. The Labute approximate surface area is 86.9 Å². The number of fused-ring (bicyclic) bond motifs is 1. The van der Waals surface area contributed by atoms with Crippen molar-refractivity contribution >= 4 is 43.6 Å². The molecular weight excluding hydrogens is 252 g/mol. The maximum Gasteiger partial charge on any atom is 0.172 e. The van der Waals surface area contributed by atoms with Crippen LogP contribution in [0.15, 0.2) is 22.7 Å². The molecule has 4 heteroatoms. The van der Waals surface area contributed by atoms with E-state index in [1.165, 1.54) is 11.3 Å². The highest BCUT2D eigenvalue weighted by Crippen LogP contribution is 2.36. The summed E-state index contributed by atoms with van der Waals surface area (Å²) in [5, 5.41) is 10.5. The van der Waals surface area contributed by atoms with Crippen LogP contribution in [0.25, 0.3) is 10.1 Å². The monoisotopic (exact) mass is 256 g/mol. The van der Waals surface area contributed by atoms with Gasteiger partial charge in [-0.05, 0) is 33.4 Å². The molecule has 1 aromatic carbocycles. The summed E-state index contributed by atoms with van der Waals surface area (Å²) in [6, 6.07) is 5.23. The van der Waals surface area contributed by atoms with Crippen molar-refractivity contribution < 1.29 is 9.90 Å². The van der Waals surface area contributed by atoms with Crippen LogP contribution in [-0.4, -0.2) is 11.4 Å². The predicted molar refractivity (Wildman–Crippen MR) is 56.6 cm³/mol. The van der Waals surface area contributed by atoms with E-state index < -0.39 is 0 Å². The molecule has 0 saturated heterocycles. The Morgan fingerprint density at radius 1 is 1.46 bits per heavy atom. The lowest BCUT2D eigenvalue weighted by Gasteiger charge is -1.96. The van der Waals surface area contributed by atoms with Crippen molar-refractivity contribution in [3.63, 3.8) is 0 Å². The van der Waals surface area contributed by atoms with Crippen LogP contribution >= 0.6 is 27.3 Å². The minimum absolute atomic E-state index is 0.263. The lowest BCUT2D eigenvalue weighted by atomic mass is 10.2. The maximum atomic E-state index is 10.6. The number of rotatable bonds is 1. The molecule has 2 aromatic rings. The Bertz CT molecular complexity index is 476. The zero-order valence-electron chi connectivity index (χ0n) is 6.45. The van der Waals surface area contributed by atoms with Crippen LogP contribution in [0.2, 0.25) is 0 Å². The van der Waals surface area contributed by atoms with Crippen LogP contribution in [0.1, 0.15) is 10.4 Å². The number of halogens is 1. The van der Waals surface area contributed by atoms with Gasteiger partial charge in [-0.15, -0.1) is 0 Å². The fraction of sp³-hybridized carbons (Fsp3) is 0. The third-order valence-corrected chi connectivity index (χ3v) is 3.86. The van der Waals surface area contributed by atoms with Gasteiger partial charge in [-0.1, -0.05) is 17.4 Å². The molecule has 1 aromatic heterocycles. The molecule has 0 fully saturated rings. The van der Waals surface area contributed by atoms with Crippen LogP contribution in [0.4, 0.5) is 0 Å². The van der Waals surface area contributed by atoms with E-state index in [9.17, 15) is 9.90 Å². The Kier molecular flexibility index (Phi) is 2.09. The van der Waals surface area contributed by atoms with E-state index in [4.69, 9.17) is 0 Å². The standard InChI is InChI=1S/C9H5BrO2S/c10-8-6(4-11)2-1-5-3-7(12)13-9(5)8/h1-4,12H. The van der Waals surface area contributed by atoms with E-state index in [0.29, 0.717) is 5.56 Å². The molecule has 0 spiro atoms. The summed E-state index contributed by atoms with van der Waals surface area (Å²) < 4.78 is 1.66. The van der Waals surface area contributed by atoms with Gasteiger partial charge in [-0.25, -0.2) is 0 Å². The highest BCUT2D eigenvalue weighted by molar-refractivity contribution is 9.10. The maximum absolute atomic E-state index is 10.6. The number of carbonyl (C=O) groups is 1. The quantitative estimate of drug-likeness (QED) is 0.796. The fourth-order valence-electron chi connectivity index (χ4n) is 1.16. The number of hydrogen-bond donors (Lipinski definition) is 1. The van der Waals surface area contributed by atoms with Gasteiger partial charge in [0.1, 0.15) is 0 Å². The summed E-state index contributed by atoms with van der Waals surface area (Å²) >= 11 is 4.58. The first-order valence-electron chi connectivity index (χ1n) is 3.58. The van der Waals surface area contributed by atoms with Gasteiger partial charge in [0.05, 0.1) is 4.70 Å². The average Bonchev–Trinajstić information content (AvgIpc) is 2.47. The Morgan fingerprint density at radius 3 is 2.92 bits per heavy atom. The van der Waals surface area contributed by atoms with E-state index in [1.54, 1.807) is 12.1 Å². The lowest BCUT2D eigenvalue weighted by molar-refractivity contribution is 0.112. The first kappa shape index (κ1) is 8.72. The van der Waals surface area contributed by atoms with Crippen molar-refractivity contribution in [2.45, 2.75) is 0 Å². The third-order valence-electron chi connectivity index (χ3n) is 1.77. The molecule has 0 radical (unpaired) electrons. The van der Waals surface area contributed by atoms with E-state index in [-0.39, 0.29) is 5.06 Å². The van der Waals surface area contributed by atoms with E-state index >= 15 is 0 Å². The van der Waals surface area contributed by atoms with Gasteiger partial charge in [-0.2, -0.15) is 0 Å². The SMILES string of the molecule is O=Cc1ccc2cc(O)sc2c1Br. The summed E-state index contributed by atoms with van der Waals surface area (Å²) in [6.07, 6.45) is 0.792. The number of aldehydes is 1. The van der Waals surface area contributed by atoms with Gasteiger partial charge in [0, 0.05) is 10.0 Å². The number of thiophene rings is 1. The minimum atomic E-state index is 0.263. The smallest absolute Gasteiger partial charge is 0.172 e. The Morgan fingerprint density at radius 2 is 2.23 bits per heavy atom. The Hall–Kier alpha value is -0.870. The summed E-state index contributed by atoms with van der Waals surface area (Å²) in [6.45, 7) is 0. The summed E-state index contributed by atoms with van der Waals surface area (Å²) in [4.78, 5) is 10.6. The number of hydrogen-bond acceptors (Lipinski definition) is 3. The zero-order chi connectivity index (χ0) is 9.42. The van der Waals surface area contributed by atoms with Crippen molar-refractivity contribution in [3.05, 3.63) is 28.2 Å². The molecule has 0 atom stereocenters. The first-order chi connectivity index (χ1) is 6.22. The van der Waals surface area contributed by atoms with Gasteiger partial charge in [0.2, 0.25) is 0 Å². The van der Waals surface area contributed by atoms with Crippen molar-refractivity contribution in [1.29, 1.82) is 0 Å². The van der Waals surface area contributed by atoms with E-state index in [2.05, 4.69) is 15.9 Å². The van der Waals surface area contributed by atoms with Gasteiger partial charge < -0.3 is 5.11 Å². The number of benzene rings is 1. The average molecular weight is 257 g/mol. The van der Waals surface area contributed by atoms with Crippen molar-refractivity contribution in [3.8, 4) is 5.06 Å². The van der Waals surface area contributed by atoms with Crippen LogP contribution in [0.3, 0.4) is 0 Å². The second-order valence-electron chi connectivity index (χ2n) is 2.59. The summed E-state index contributed by atoms with van der Waals surface area (Å²) in [5.74, 6) is 0. The molecule has 1 N–H and O–H groups in total. The molecule has 2 rings (SSSR count). The molecule has 2 nitrogen and oxygen atoms in total. The molecule has 0 bridgehead atoms. The second-order valence-corrected chi connectivity index (χ2v) is 4.41. The van der Waals surface area contributed by atoms with Crippen molar-refractivity contribution in [2.24, 2.45) is 0 Å².